The average Bonchev–Trinajstić information content (AvgIpc) is 3.20. The number of fused-ring (bicyclic) bond motifs is 1. The van der Waals surface area contributed by atoms with E-state index in [0.717, 1.165) is 46.1 Å². The molecule has 0 radical (unpaired) electrons. The van der Waals surface area contributed by atoms with E-state index in [9.17, 15) is 14.4 Å². The predicted molar refractivity (Wildman–Crippen MR) is 118 cm³/mol. The largest absolute Gasteiger partial charge is 0.445 e. The first kappa shape index (κ1) is 22.3. The van der Waals surface area contributed by atoms with E-state index in [1.807, 2.05) is 6.92 Å². The molecule has 0 bridgehead atoms. The quantitative estimate of drug-likeness (QED) is 0.611. The lowest BCUT2D eigenvalue weighted by Crippen LogP contribution is -2.52. The number of urea groups is 1. The third-order valence-electron chi connectivity index (χ3n) is 4.86. The van der Waals surface area contributed by atoms with E-state index in [2.05, 4.69) is 27.4 Å². The Hall–Kier alpha value is -2.40. The molecule has 2 aliphatic heterocycles. The third kappa shape index (κ3) is 4.51. The van der Waals surface area contributed by atoms with Crippen molar-refractivity contribution < 1.29 is 19.0 Å². The zero-order valence-corrected chi connectivity index (χ0v) is 19.1. The molecular formula is C19H25N6O3S2+. The normalized spacial score (nSPS) is 18.9. The highest BCUT2D eigenvalue weighted by Crippen LogP contribution is 2.36. The van der Waals surface area contributed by atoms with Gasteiger partial charge in [0.15, 0.2) is 5.92 Å². The number of anilines is 1. The van der Waals surface area contributed by atoms with E-state index in [0.29, 0.717) is 11.0 Å². The Labute approximate surface area is 183 Å². The lowest BCUT2D eigenvalue weighted by molar-refractivity contribution is -0.407. The van der Waals surface area contributed by atoms with Gasteiger partial charge in [-0.3, -0.25) is 14.9 Å². The molecular weight excluding hydrogens is 424 g/mol. The van der Waals surface area contributed by atoms with Crippen LogP contribution in [0.15, 0.2) is 15.5 Å². The molecule has 11 heteroatoms. The van der Waals surface area contributed by atoms with Crippen LogP contribution >= 0.6 is 23.1 Å². The molecule has 0 saturated carbocycles. The van der Waals surface area contributed by atoms with Gasteiger partial charge in [0.2, 0.25) is 11.0 Å². The van der Waals surface area contributed by atoms with Gasteiger partial charge in [0, 0.05) is 4.91 Å². The summed E-state index contributed by atoms with van der Waals surface area (Å²) in [5.74, 6) is -0.675. The van der Waals surface area contributed by atoms with Crippen molar-refractivity contribution >= 4 is 58.1 Å². The number of unbranched alkanes of at least 4 members (excludes halogenated alkanes) is 1. The molecule has 160 valence electrons. The molecule has 30 heavy (non-hydrogen) atoms. The number of hydrogen-bond donors (Lipinski definition) is 1. The lowest BCUT2D eigenvalue weighted by Gasteiger charge is -2.28. The number of nitrogens with zero attached hydrogens (tertiary/aromatic N) is 5. The van der Waals surface area contributed by atoms with Gasteiger partial charge in [-0.2, -0.15) is 9.48 Å². The Morgan fingerprint density at radius 1 is 1.33 bits per heavy atom. The molecule has 0 spiro atoms. The fraction of sp³-hybridized carbons (Fsp3) is 0.526. The first-order chi connectivity index (χ1) is 14.4. The molecule has 3 rings (SSSR count). The summed E-state index contributed by atoms with van der Waals surface area (Å²) in [5, 5.41) is 12.1. The first-order valence-electron chi connectivity index (χ1n) is 9.81. The van der Waals surface area contributed by atoms with E-state index < -0.39 is 11.9 Å². The SMILES string of the molecule is CCCCC1=C(SCC(=O)Nc2nnc(CC)s2)C2C(=O)N(C)C(=O)[N+](C)=C2N=C1. The van der Waals surface area contributed by atoms with Crippen LogP contribution in [0.5, 0.6) is 0 Å². The van der Waals surface area contributed by atoms with Gasteiger partial charge in [-0.1, -0.05) is 31.6 Å². The van der Waals surface area contributed by atoms with Crippen molar-refractivity contribution in [2.75, 3.05) is 25.2 Å². The van der Waals surface area contributed by atoms with E-state index >= 15 is 0 Å². The van der Waals surface area contributed by atoms with Crippen LogP contribution in [0.4, 0.5) is 9.93 Å². The van der Waals surface area contributed by atoms with Crippen LogP contribution in [0, 0.1) is 5.92 Å². The number of dihydropyridines is 1. The summed E-state index contributed by atoms with van der Waals surface area (Å²) in [6, 6.07) is -0.412. The molecule has 0 saturated heterocycles. The molecule has 1 N–H and O–H groups in total. The van der Waals surface area contributed by atoms with Crippen molar-refractivity contribution in [3.63, 3.8) is 0 Å². The Morgan fingerprint density at radius 3 is 2.77 bits per heavy atom. The summed E-state index contributed by atoms with van der Waals surface area (Å²) in [7, 11) is 3.08. The lowest BCUT2D eigenvalue weighted by atomic mass is 9.96. The highest BCUT2D eigenvalue weighted by molar-refractivity contribution is 8.03. The Morgan fingerprint density at radius 2 is 2.10 bits per heavy atom. The summed E-state index contributed by atoms with van der Waals surface area (Å²) in [6.45, 7) is 4.07. The van der Waals surface area contributed by atoms with Crippen LogP contribution < -0.4 is 5.32 Å². The van der Waals surface area contributed by atoms with Gasteiger partial charge in [-0.15, -0.1) is 27.0 Å². The number of hydrogen-bond acceptors (Lipinski definition) is 8. The number of imide groups is 1. The van der Waals surface area contributed by atoms with Gasteiger partial charge in [0.05, 0.1) is 19.8 Å². The number of carbonyl (C=O) groups excluding carboxylic acids is 3. The van der Waals surface area contributed by atoms with Crippen molar-refractivity contribution in [3.05, 3.63) is 15.5 Å². The van der Waals surface area contributed by atoms with E-state index in [4.69, 9.17) is 0 Å². The van der Waals surface area contributed by atoms with Gasteiger partial charge >= 0.3 is 11.9 Å². The van der Waals surface area contributed by atoms with Crippen molar-refractivity contribution in [1.82, 2.24) is 15.1 Å². The van der Waals surface area contributed by atoms with Crippen molar-refractivity contribution in [2.24, 2.45) is 10.9 Å². The van der Waals surface area contributed by atoms with E-state index in [-0.39, 0.29) is 17.6 Å². The number of allylic oxidation sites excluding steroid dienone is 1. The molecule has 1 aromatic heterocycles. The second-order valence-electron chi connectivity index (χ2n) is 6.97. The minimum Gasteiger partial charge on any atom is -0.300 e. The molecule has 1 unspecified atom stereocenters. The van der Waals surface area contributed by atoms with Crippen LogP contribution in [-0.4, -0.2) is 69.4 Å². The molecule has 0 aliphatic carbocycles. The summed E-state index contributed by atoms with van der Waals surface area (Å²) in [4.78, 5) is 44.0. The highest BCUT2D eigenvalue weighted by atomic mass is 32.2. The first-order valence-corrected chi connectivity index (χ1v) is 11.6. The minimum absolute atomic E-state index is 0.123. The molecule has 3 heterocycles. The number of aryl methyl sites for hydroxylation is 1. The van der Waals surface area contributed by atoms with Gasteiger partial charge in [0.25, 0.3) is 5.84 Å². The zero-order chi connectivity index (χ0) is 21.8. The maximum Gasteiger partial charge on any atom is 0.445 e. The molecule has 1 atom stereocenters. The molecule has 4 amide bonds. The van der Waals surface area contributed by atoms with Crippen molar-refractivity contribution in [2.45, 2.75) is 39.5 Å². The Kier molecular flexibility index (Phi) is 7.14. The summed E-state index contributed by atoms with van der Waals surface area (Å²) < 4.78 is 1.40. The van der Waals surface area contributed by atoms with E-state index in [1.165, 1.54) is 34.7 Å². The molecule has 2 aliphatic rings. The second-order valence-corrected chi connectivity index (χ2v) is 9.05. The van der Waals surface area contributed by atoms with Crippen molar-refractivity contribution in [3.8, 4) is 0 Å². The topological polar surface area (TPSA) is 108 Å². The fourth-order valence-corrected chi connectivity index (χ4v) is 4.94. The molecule has 0 fully saturated rings. The number of aromatic nitrogens is 2. The van der Waals surface area contributed by atoms with Gasteiger partial charge in [-0.05, 0) is 24.8 Å². The molecule has 1 aromatic rings. The minimum atomic E-state index is -0.666. The molecule has 0 aromatic carbocycles. The Balaban J connectivity index is 1.82. The number of thioether (sulfide) groups is 1. The average molecular weight is 450 g/mol. The van der Waals surface area contributed by atoms with Crippen molar-refractivity contribution in [1.29, 1.82) is 0 Å². The van der Waals surface area contributed by atoms with Gasteiger partial charge in [-0.25, -0.2) is 4.79 Å². The number of amidine groups is 1. The van der Waals surface area contributed by atoms with Gasteiger partial charge < -0.3 is 0 Å². The third-order valence-corrected chi connectivity index (χ3v) is 7.06. The van der Waals surface area contributed by atoms with Crippen LogP contribution in [0.25, 0.3) is 0 Å². The van der Waals surface area contributed by atoms with Crippen LogP contribution in [0.2, 0.25) is 0 Å². The number of carbonyl (C=O) groups is 3. The maximum absolute atomic E-state index is 12.9. The summed E-state index contributed by atoms with van der Waals surface area (Å²) in [5.41, 5.74) is 0.942. The fourth-order valence-electron chi connectivity index (χ4n) is 3.18. The van der Waals surface area contributed by atoms with Crippen LogP contribution in [0.3, 0.4) is 0 Å². The van der Waals surface area contributed by atoms with Gasteiger partial charge in [0.1, 0.15) is 11.2 Å². The van der Waals surface area contributed by atoms with E-state index in [1.54, 1.807) is 13.3 Å². The number of rotatable bonds is 8. The predicted octanol–water partition coefficient (Wildman–Crippen LogP) is 2.55. The smallest absolute Gasteiger partial charge is 0.300 e. The summed E-state index contributed by atoms with van der Waals surface area (Å²) in [6.07, 6.45) is 5.20. The van der Waals surface area contributed by atoms with Crippen LogP contribution in [-0.2, 0) is 16.0 Å². The number of nitrogens with one attached hydrogen (secondary N) is 1. The Bertz CT molecular complexity index is 965. The number of aliphatic imine (C=N–C) groups is 1. The van der Waals surface area contributed by atoms with Crippen LogP contribution in [0.1, 0.15) is 38.1 Å². The summed E-state index contributed by atoms with van der Waals surface area (Å²) >= 11 is 2.67. The standard InChI is InChI=1S/C19H24N6O3S2/c1-5-7-8-11-9-20-16-14(17(27)25(4)19(28)24(16)3)15(11)29-10-12(26)21-18-23-22-13(6-2)30-18/h9,14H,5-8,10H2,1-4H3/p+1. The highest BCUT2D eigenvalue weighted by Gasteiger charge is 2.48. The second kappa shape index (κ2) is 9.61. The monoisotopic (exact) mass is 449 g/mol. The zero-order valence-electron chi connectivity index (χ0n) is 17.5. The maximum atomic E-state index is 12.9. The number of amides is 4. The molecule has 9 nitrogen and oxygen atoms in total.